The van der Waals surface area contributed by atoms with E-state index >= 15 is 0 Å². The third-order valence-corrected chi connectivity index (χ3v) is 4.12. The first kappa shape index (κ1) is 14.9. The maximum Gasteiger partial charge on any atom is 0.350 e. The average molecular weight is 297 g/mol. The van der Waals surface area contributed by atoms with Crippen LogP contribution in [0.25, 0.3) is 0 Å². The summed E-state index contributed by atoms with van der Waals surface area (Å²) < 4.78 is 4.95. The molecule has 1 aliphatic heterocycles. The van der Waals surface area contributed by atoms with Crippen LogP contribution in [-0.2, 0) is 9.53 Å². The third kappa shape index (κ3) is 3.77. The Morgan fingerprint density at radius 3 is 2.75 bits per heavy atom. The summed E-state index contributed by atoms with van der Waals surface area (Å²) in [6.45, 7) is 6.14. The highest BCUT2D eigenvalue weighted by Gasteiger charge is 2.19. The van der Waals surface area contributed by atoms with Crippen molar-refractivity contribution in [2.75, 3.05) is 31.6 Å². The smallest absolute Gasteiger partial charge is 0.350 e. The molecule has 0 spiro atoms. The van der Waals surface area contributed by atoms with E-state index in [0.717, 1.165) is 37.3 Å². The van der Waals surface area contributed by atoms with E-state index in [1.54, 1.807) is 13.8 Å². The predicted molar refractivity (Wildman–Crippen MR) is 77.1 cm³/mol. The Balaban J connectivity index is 1.94. The van der Waals surface area contributed by atoms with Gasteiger partial charge in [0.2, 0.25) is 5.91 Å². The normalized spacial score (nSPS) is 15.3. The van der Waals surface area contributed by atoms with Gasteiger partial charge in [0.05, 0.1) is 18.8 Å². The van der Waals surface area contributed by atoms with E-state index in [0.29, 0.717) is 28.9 Å². The van der Waals surface area contributed by atoms with Crippen LogP contribution < -0.4 is 5.32 Å². The Bertz CT molecular complexity index is 495. The number of hydrogen-bond acceptors (Lipinski definition) is 6. The van der Waals surface area contributed by atoms with Gasteiger partial charge < -0.3 is 10.1 Å². The minimum absolute atomic E-state index is 0.0870. The molecule has 2 rings (SSSR count). The van der Waals surface area contributed by atoms with Crippen LogP contribution in [0.5, 0.6) is 0 Å². The van der Waals surface area contributed by atoms with Gasteiger partial charge in [-0.05, 0) is 39.8 Å². The van der Waals surface area contributed by atoms with Crippen LogP contribution in [0.4, 0.5) is 5.13 Å². The minimum atomic E-state index is -0.387. The van der Waals surface area contributed by atoms with E-state index in [1.807, 2.05) is 0 Å². The molecule has 1 amide bonds. The lowest BCUT2D eigenvalue weighted by molar-refractivity contribution is -0.117. The molecule has 1 aromatic rings. The number of carbonyl (C=O) groups is 2. The van der Waals surface area contributed by atoms with Gasteiger partial charge in [-0.3, -0.25) is 9.69 Å². The number of thiazole rings is 1. The van der Waals surface area contributed by atoms with Gasteiger partial charge in [0.15, 0.2) is 5.13 Å². The second-order valence-corrected chi connectivity index (χ2v) is 5.68. The fourth-order valence-corrected chi connectivity index (χ4v) is 3.01. The van der Waals surface area contributed by atoms with E-state index in [4.69, 9.17) is 4.74 Å². The van der Waals surface area contributed by atoms with Crippen molar-refractivity contribution < 1.29 is 14.3 Å². The van der Waals surface area contributed by atoms with Crippen LogP contribution in [0.3, 0.4) is 0 Å². The Morgan fingerprint density at radius 1 is 1.40 bits per heavy atom. The number of aryl methyl sites for hydroxylation is 1. The van der Waals surface area contributed by atoms with E-state index < -0.39 is 0 Å². The molecule has 1 aromatic heterocycles. The summed E-state index contributed by atoms with van der Waals surface area (Å²) in [6, 6.07) is 0. The van der Waals surface area contributed by atoms with Gasteiger partial charge in [-0.1, -0.05) is 11.3 Å². The fraction of sp³-hybridized carbons (Fsp3) is 0.615. The molecule has 0 atom stereocenters. The predicted octanol–water partition coefficient (Wildman–Crippen LogP) is 1.66. The molecule has 110 valence electrons. The number of esters is 1. The number of nitrogens with zero attached hydrogens (tertiary/aromatic N) is 2. The standard InChI is InChI=1S/C13H19N3O3S/c1-3-19-12(18)11-9(2)14-13(20-11)15-10(17)8-16-6-4-5-7-16/h3-8H2,1-2H3,(H,14,15,17). The third-order valence-electron chi connectivity index (χ3n) is 3.07. The zero-order valence-electron chi connectivity index (χ0n) is 11.8. The highest BCUT2D eigenvalue weighted by atomic mass is 32.1. The molecule has 0 aliphatic carbocycles. The van der Waals surface area contributed by atoms with Crippen LogP contribution in [0.15, 0.2) is 0 Å². The number of hydrogen-bond donors (Lipinski definition) is 1. The molecular weight excluding hydrogens is 278 g/mol. The number of aromatic nitrogens is 1. The minimum Gasteiger partial charge on any atom is -0.462 e. The summed E-state index contributed by atoms with van der Waals surface area (Å²) in [5.41, 5.74) is 0.588. The van der Waals surface area contributed by atoms with Gasteiger partial charge >= 0.3 is 5.97 Å². The number of anilines is 1. The zero-order valence-corrected chi connectivity index (χ0v) is 12.6. The first-order valence-corrected chi connectivity index (χ1v) is 7.58. The second kappa shape index (κ2) is 6.81. The lowest BCUT2D eigenvalue weighted by atomic mass is 10.4. The maximum atomic E-state index is 11.9. The first-order valence-electron chi connectivity index (χ1n) is 6.77. The molecule has 0 aromatic carbocycles. The van der Waals surface area contributed by atoms with Crippen molar-refractivity contribution in [3.05, 3.63) is 10.6 Å². The second-order valence-electron chi connectivity index (χ2n) is 4.69. The summed E-state index contributed by atoms with van der Waals surface area (Å²) in [6.07, 6.45) is 2.30. The van der Waals surface area contributed by atoms with Gasteiger partial charge in [0, 0.05) is 0 Å². The van der Waals surface area contributed by atoms with E-state index in [1.165, 1.54) is 0 Å². The molecule has 1 aliphatic rings. The Kier molecular flexibility index (Phi) is 5.08. The summed E-state index contributed by atoms with van der Waals surface area (Å²) in [5, 5.41) is 3.20. The van der Waals surface area contributed by atoms with Crippen molar-refractivity contribution in [1.82, 2.24) is 9.88 Å². The van der Waals surface area contributed by atoms with Crippen LogP contribution in [0.1, 0.15) is 35.1 Å². The molecule has 1 N–H and O–H groups in total. The van der Waals surface area contributed by atoms with E-state index in [-0.39, 0.29) is 11.9 Å². The van der Waals surface area contributed by atoms with Crippen molar-refractivity contribution in [2.45, 2.75) is 26.7 Å². The van der Waals surface area contributed by atoms with Crippen LogP contribution in [-0.4, -0.2) is 48.0 Å². The lowest BCUT2D eigenvalue weighted by Crippen LogP contribution is -2.30. The molecule has 6 nitrogen and oxygen atoms in total. The summed E-state index contributed by atoms with van der Waals surface area (Å²) >= 11 is 1.16. The van der Waals surface area contributed by atoms with E-state index in [9.17, 15) is 9.59 Å². The molecule has 0 bridgehead atoms. The largest absolute Gasteiger partial charge is 0.462 e. The molecule has 0 saturated carbocycles. The number of nitrogens with one attached hydrogen (secondary N) is 1. The molecule has 1 saturated heterocycles. The van der Waals surface area contributed by atoms with Gasteiger partial charge in [-0.15, -0.1) is 0 Å². The summed E-state index contributed by atoms with van der Waals surface area (Å²) in [4.78, 5) is 30.3. The van der Waals surface area contributed by atoms with Crippen molar-refractivity contribution in [1.29, 1.82) is 0 Å². The van der Waals surface area contributed by atoms with Crippen molar-refractivity contribution in [3.63, 3.8) is 0 Å². The first-order chi connectivity index (χ1) is 9.60. The number of carbonyl (C=O) groups excluding carboxylic acids is 2. The van der Waals surface area contributed by atoms with Crippen LogP contribution in [0.2, 0.25) is 0 Å². The highest BCUT2D eigenvalue weighted by Crippen LogP contribution is 2.23. The maximum absolute atomic E-state index is 11.9. The molecule has 0 radical (unpaired) electrons. The number of likely N-dealkylation sites (tertiary alicyclic amines) is 1. The number of rotatable bonds is 5. The summed E-state index contributed by atoms with van der Waals surface area (Å²) in [5.74, 6) is -0.474. The molecule has 20 heavy (non-hydrogen) atoms. The molecule has 0 unspecified atom stereocenters. The van der Waals surface area contributed by atoms with Crippen LogP contribution in [0, 0.1) is 6.92 Å². The lowest BCUT2D eigenvalue weighted by Gasteiger charge is -2.12. The molecule has 7 heteroatoms. The molecular formula is C13H19N3O3S. The zero-order chi connectivity index (χ0) is 14.5. The molecule has 2 heterocycles. The monoisotopic (exact) mass is 297 g/mol. The quantitative estimate of drug-likeness (QED) is 0.837. The van der Waals surface area contributed by atoms with Crippen LogP contribution >= 0.6 is 11.3 Å². The van der Waals surface area contributed by atoms with Gasteiger partial charge in [-0.25, -0.2) is 9.78 Å². The van der Waals surface area contributed by atoms with Crippen molar-refractivity contribution in [3.8, 4) is 0 Å². The SMILES string of the molecule is CCOC(=O)c1sc(NC(=O)CN2CCCC2)nc1C. The topological polar surface area (TPSA) is 71.5 Å². The summed E-state index contributed by atoms with van der Waals surface area (Å²) in [7, 11) is 0. The Hall–Kier alpha value is -1.47. The average Bonchev–Trinajstić information content (AvgIpc) is 2.99. The Labute approximate surface area is 122 Å². The van der Waals surface area contributed by atoms with Crippen molar-refractivity contribution >= 4 is 28.3 Å². The van der Waals surface area contributed by atoms with Crippen molar-refractivity contribution in [2.24, 2.45) is 0 Å². The van der Waals surface area contributed by atoms with Gasteiger partial charge in [0.1, 0.15) is 4.88 Å². The van der Waals surface area contributed by atoms with Gasteiger partial charge in [-0.2, -0.15) is 0 Å². The number of amides is 1. The van der Waals surface area contributed by atoms with Gasteiger partial charge in [0.25, 0.3) is 0 Å². The number of ether oxygens (including phenoxy) is 1. The fourth-order valence-electron chi connectivity index (χ4n) is 2.14. The highest BCUT2D eigenvalue weighted by molar-refractivity contribution is 7.17. The van der Waals surface area contributed by atoms with E-state index in [2.05, 4.69) is 15.2 Å². The Morgan fingerprint density at radius 2 is 2.10 bits per heavy atom. The molecule has 1 fully saturated rings.